The van der Waals surface area contributed by atoms with Gasteiger partial charge < -0.3 is 4.90 Å². The van der Waals surface area contributed by atoms with E-state index in [-0.39, 0.29) is 5.91 Å². The summed E-state index contributed by atoms with van der Waals surface area (Å²) >= 11 is 0. The van der Waals surface area contributed by atoms with E-state index in [9.17, 15) is 4.79 Å². The number of carbonyl (C=O) groups excluding carboxylic acids is 1. The molecule has 0 aromatic heterocycles. The third-order valence-corrected chi connectivity index (χ3v) is 8.53. The van der Waals surface area contributed by atoms with Gasteiger partial charge in [-0.1, -0.05) is 52.2 Å². The molecule has 174 valence electrons. The predicted molar refractivity (Wildman–Crippen MR) is 133 cm³/mol. The van der Waals surface area contributed by atoms with Gasteiger partial charge in [-0.25, -0.2) is 0 Å². The summed E-state index contributed by atoms with van der Waals surface area (Å²) in [5, 5.41) is 0. The van der Waals surface area contributed by atoms with Crippen LogP contribution >= 0.6 is 0 Å². The number of amides is 1. The number of rotatable bonds is 10. The Hall–Kier alpha value is -1.35. The molecule has 2 fully saturated rings. The minimum atomic E-state index is 0.102. The molecular weight excluding hydrogens is 380 g/mol. The molecule has 0 spiro atoms. The number of anilines is 1. The summed E-state index contributed by atoms with van der Waals surface area (Å²) in [6.45, 7) is 13.3. The fourth-order valence-corrected chi connectivity index (χ4v) is 5.90. The fourth-order valence-electron chi connectivity index (χ4n) is 5.90. The fraction of sp³-hybridized carbons (Fsp3) is 0.750. The molecule has 1 saturated heterocycles. The Kier molecular flexibility index (Phi) is 8.24. The van der Waals surface area contributed by atoms with Gasteiger partial charge in [-0.3, -0.25) is 9.69 Å². The highest BCUT2D eigenvalue weighted by atomic mass is 16.2. The van der Waals surface area contributed by atoms with Crippen molar-refractivity contribution in [1.29, 1.82) is 0 Å². The Bertz CT molecular complexity index is 731. The van der Waals surface area contributed by atoms with Gasteiger partial charge >= 0.3 is 0 Å². The summed E-state index contributed by atoms with van der Waals surface area (Å²) in [5.41, 5.74) is 4.18. The van der Waals surface area contributed by atoms with Crippen LogP contribution in [0.1, 0.15) is 103 Å². The number of likely N-dealkylation sites (tertiary alicyclic amines) is 1. The predicted octanol–water partition coefficient (Wildman–Crippen LogP) is 6.93. The summed E-state index contributed by atoms with van der Waals surface area (Å²) in [6.07, 6.45) is 12.2. The molecule has 31 heavy (non-hydrogen) atoms. The average Bonchev–Trinajstić information content (AvgIpc) is 3.58. The van der Waals surface area contributed by atoms with E-state index in [1.54, 1.807) is 11.8 Å². The normalized spacial score (nSPS) is 21.0. The molecule has 2 unspecified atom stereocenters. The van der Waals surface area contributed by atoms with Crippen molar-refractivity contribution in [2.45, 2.75) is 104 Å². The molecule has 1 saturated carbocycles. The Morgan fingerprint density at radius 3 is 2.39 bits per heavy atom. The number of aryl methyl sites for hydroxylation is 1. The van der Waals surface area contributed by atoms with Crippen LogP contribution in [0.4, 0.5) is 5.69 Å². The molecule has 3 nitrogen and oxygen atoms in total. The van der Waals surface area contributed by atoms with Crippen molar-refractivity contribution in [3.63, 3.8) is 0 Å². The SMILES string of the molecule is CCCC(CCC(C)CC)C1(N2CCC(c3ccc(C)c(N(C)C(C)=O)c3)CC2)CC1. The van der Waals surface area contributed by atoms with Crippen LogP contribution in [0.25, 0.3) is 0 Å². The summed E-state index contributed by atoms with van der Waals surface area (Å²) in [5.74, 6) is 2.48. The van der Waals surface area contributed by atoms with Crippen molar-refractivity contribution in [2.24, 2.45) is 11.8 Å². The molecule has 1 aliphatic heterocycles. The van der Waals surface area contributed by atoms with E-state index in [0.29, 0.717) is 11.5 Å². The largest absolute Gasteiger partial charge is 0.315 e. The van der Waals surface area contributed by atoms with Gasteiger partial charge in [0, 0.05) is 25.2 Å². The zero-order chi connectivity index (χ0) is 22.6. The maximum Gasteiger partial charge on any atom is 0.223 e. The molecule has 3 rings (SSSR count). The van der Waals surface area contributed by atoms with Crippen LogP contribution in [0.5, 0.6) is 0 Å². The van der Waals surface area contributed by atoms with Crippen LogP contribution < -0.4 is 4.90 Å². The third kappa shape index (κ3) is 5.53. The molecule has 2 aliphatic rings. The number of hydrogen-bond donors (Lipinski definition) is 0. The van der Waals surface area contributed by atoms with Crippen molar-refractivity contribution >= 4 is 11.6 Å². The minimum Gasteiger partial charge on any atom is -0.315 e. The lowest BCUT2D eigenvalue weighted by molar-refractivity contribution is -0.116. The number of nitrogens with zero attached hydrogens (tertiary/aromatic N) is 2. The van der Waals surface area contributed by atoms with Gasteiger partial charge in [0.15, 0.2) is 0 Å². The van der Waals surface area contributed by atoms with Crippen LogP contribution in [-0.4, -0.2) is 36.5 Å². The van der Waals surface area contributed by atoms with E-state index in [0.717, 1.165) is 17.5 Å². The van der Waals surface area contributed by atoms with Crippen molar-refractivity contribution < 1.29 is 4.79 Å². The van der Waals surface area contributed by atoms with Gasteiger partial charge in [0.1, 0.15) is 0 Å². The number of hydrogen-bond acceptors (Lipinski definition) is 2. The van der Waals surface area contributed by atoms with Gasteiger partial charge in [0.2, 0.25) is 5.91 Å². The lowest BCUT2D eigenvalue weighted by Gasteiger charge is -2.42. The Morgan fingerprint density at radius 2 is 1.84 bits per heavy atom. The zero-order valence-electron chi connectivity index (χ0n) is 21.0. The van der Waals surface area contributed by atoms with Gasteiger partial charge in [0.05, 0.1) is 0 Å². The van der Waals surface area contributed by atoms with Crippen molar-refractivity contribution in [3.8, 4) is 0 Å². The summed E-state index contributed by atoms with van der Waals surface area (Å²) in [4.78, 5) is 16.6. The molecule has 1 aliphatic carbocycles. The molecule has 0 N–H and O–H groups in total. The monoisotopic (exact) mass is 426 g/mol. The highest BCUT2D eigenvalue weighted by Crippen LogP contribution is 2.53. The van der Waals surface area contributed by atoms with Gasteiger partial charge in [0.25, 0.3) is 0 Å². The van der Waals surface area contributed by atoms with E-state index < -0.39 is 0 Å². The van der Waals surface area contributed by atoms with Crippen molar-refractivity contribution in [2.75, 3.05) is 25.0 Å². The van der Waals surface area contributed by atoms with Crippen LogP contribution in [-0.2, 0) is 4.79 Å². The first-order valence-electron chi connectivity index (χ1n) is 12.9. The van der Waals surface area contributed by atoms with Gasteiger partial charge in [-0.05, 0) is 93.5 Å². The maximum absolute atomic E-state index is 11.9. The Morgan fingerprint density at radius 1 is 1.16 bits per heavy atom. The highest BCUT2D eigenvalue weighted by Gasteiger charge is 2.53. The molecule has 1 amide bonds. The van der Waals surface area contributed by atoms with E-state index in [1.165, 1.54) is 82.0 Å². The zero-order valence-corrected chi connectivity index (χ0v) is 21.0. The molecular formula is C28H46N2O. The van der Waals surface area contributed by atoms with Crippen LogP contribution in [0.15, 0.2) is 18.2 Å². The standard InChI is InChI=1S/C28H46N2O/c1-7-9-26(13-10-21(3)8-2)28(16-17-28)30-18-14-24(15-19-30)25-12-11-22(4)27(20-25)29(6)23(5)31/h11-12,20-21,24,26H,7-10,13-19H2,1-6H3. The average molecular weight is 427 g/mol. The van der Waals surface area contributed by atoms with Crippen LogP contribution in [0.2, 0.25) is 0 Å². The van der Waals surface area contributed by atoms with E-state index >= 15 is 0 Å². The minimum absolute atomic E-state index is 0.102. The second kappa shape index (κ2) is 10.5. The Labute approximate surface area is 191 Å². The smallest absolute Gasteiger partial charge is 0.223 e. The lowest BCUT2D eigenvalue weighted by Crippen LogP contribution is -2.47. The summed E-state index contributed by atoms with van der Waals surface area (Å²) < 4.78 is 0. The molecule has 0 radical (unpaired) electrons. The van der Waals surface area contributed by atoms with E-state index in [2.05, 4.69) is 50.8 Å². The van der Waals surface area contributed by atoms with Crippen molar-refractivity contribution in [3.05, 3.63) is 29.3 Å². The number of carbonyl (C=O) groups is 1. The maximum atomic E-state index is 11.9. The van der Waals surface area contributed by atoms with Crippen LogP contribution in [0.3, 0.4) is 0 Å². The molecule has 2 atom stereocenters. The first kappa shape index (κ1) is 24.3. The van der Waals surface area contributed by atoms with Crippen LogP contribution in [0, 0.1) is 18.8 Å². The third-order valence-electron chi connectivity index (χ3n) is 8.53. The number of benzene rings is 1. The molecule has 1 aromatic rings. The molecule has 1 heterocycles. The highest BCUT2D eigenvalue weighted by molar-refractivity contribution is 5.91. The lowest BCUT2D eigenvalue weighted by atomic mass is 9.82. The van der Waals surface area contributed by atoms with Gasteiger partial charge in [-0.15, -0.1) is 0 Å². The van der Waals surface area contributed by atoms with Gasteiger partial charge in [-0.2, -0.15) is 0 Å². The van der Waals surface area contributed by atoms with E-state index in [1.807, 2.05) is 7.05 Å². The first-order valence-corrected chi connectivity index (χ1v) is 12.9. The molecule has 0 bridgehead atoms. The second-order valence-corrected chi connectivity index (χ2v) is 10.6. The quantitative estimate of drug-likeness (QED) is 0.405. The Balaban J connectivity index is 1.65. The summed E-state index contributed by atoms with van der Waals surface area (Å²) in [7, 11) is 1.89. The topological polar surface area (TPSA) is 23.6 Å². The first-order chi connectivity index (χ1) is 14.8. The number of piperidine rings is 1. The molecule has 1 aromatic carbocycles. The summed E-state index contributed by atoms with van der Waals surface area (Å²) in [6, 6.07) is 6.77. The molecule has 3 heteroatoms. The van der Waals surface area contributed by atoms with E-state index in [4.69, 9.17) is 0 Å². The second-order valence-electron chi connectivity index (χ2n) is 10.6. The van der Waals surface area contributed by atoms with Crippen molar-refractivity contribution in [1.82, 2.24) is 4.90 Å².